The summed E-state index contributed by atoms with van der Waals surface area (Å²) in [6, 6.07) is 3.75. The van der Waals surface area contributed by atoms with Crippen molar-refractivity contribution in [2.75, 3.05) is 23.8 Å². The Hall–Kier alpha value is -1.00. The molecule has 0 spiro atoms. The van der Waals surface area contributed by atoms with Gasteiger partial charge in [0.2, 0.25) is 0 Å². The van der Waals surface area contributed by atoms with Crippen molar-refractivity contribution in [2.45, 2.75) is 32.7 Å². The van der Waals surface area contributed by atoms with Crippen LogP contribution in [0.25, 0.3) is 0 Å². The molecule has 17 heavy (non-hydrogen) atoms. The largest absolute Gasteiger partial charge is 0.399 e. The van der Waals surface area contributed by atoms with Crippen LogP contribution in [0.4, 0.5) is 11.5 Å². The predicted molar refractivity (Wildman–Crippen MR) is 72.5 cm³/mol. The molecule has 0 saturated carbocycles. The van der Waals surface area contributed by atoms with Crippen molar-refractivity contribution >= 4 is 23.1 Å². The Kier molecular flexibility index (Phi) is 5.51. The Bertz CT molecular complexity index is 335. The fourth-order valence-corrected chi connectivity index (χ4v) is 2.18. The van der Waals surface area contributed by atoms with E-state index in [1.54, 1.807) is 12.1 Å². The van der Waals surface area contributed by atoms with Crippen LogP contribution in [0.2, 0.25) is 5.15 Å². The Morgan fingerprint density at radius 2 is 2.06 bits per heavy atom. The molecule has 0 amide bonds. The number of halogens is 1. The summed E-state index contributed by atoms with van der Waals surface area (Å²) >= 11 is 5.91. The summed E-state index contributed by atoms with van der Waals surface area (Å²) < 4.78 is 0. The summed E-state index contributed by atoms with van der Waals surface area (Å²) in [5.41, 5.74) is 6.35. The fourth-order valence-electron chi connectivity index (χ4n) is 1.97. The van der Waals surface area contributed by atoms with Crippen LogP contribution in [-0.4, -0.2) is 29.3 Å². The van der Waals surface area contributed by atoms with Crippen molar-refractivity contribution in [1.82, 2.24) is 4.98 Å². The van der Waals surface area contributed by atoms with Crippen LogP contribution in [0.1, 0.15) is 26.7 Å². The highest BCUT2D eigenvalue weighted by Gasteiger charge is 2.17. The molecule has 0 aliphatic carbocycles. The number of pyridine rings is 1. The highest BCUT2D eigenvalue weighted by atomic mass is 35.5. The molecule has 3 N–H and O–H groups in total. The van der Waals surface area contributed by atoms with E-state index in [2.05, 4.69) is 23.7 Å². The zero-order valence-corrected chi connectivity index (χ0v) is 11.1. The first kappa shape index (κ1) is 14.1. The molecule has 4 nitrogen and oxygen atoms in total. The molecule has 0 aromatic carbocycles. The van der Waals surface area contributed by atoms with Gasteiger partial charge < -0.3 is 15.7 Å². The number of nitrogens with zero attached hydrogens (tertiary/aromatic N) is 2. The van der Waals surface area contributed by atoms with Gasteiger partial charge in [-0.25, -0.2) is 4.98 Å². The number of aliphatic hydroxyl groups is 1. The second-order valence-corrected chi connectivity index (χ2v) is 4.36. The molecule has 0 saturated heterocycles. The van der Waals surface area contributed by atoms with Gasteiger partial charge in [-0.1, -0.05) is 25.4 Å². The summed E-state index contributed by atoms with van der Waals surface area (Å²) in [6.07, 6.45) is 1.98. The molecule has 0 aliphatic rings. The zero-order chi connectivity index (χ0) is 12.8. The molecule has 1 aromatic rings. The smallest absolute Gasteiger partial charge is 0.133 e. The summed E-state index contributed by atoms with van der Waals surface area (Å²) in [5, 5.41) is 9.53. The molecular formula is C12H20ClN3O. The number of hydrogen-bond donors (Lipinski definition) is 2. The van der Waals surface area contributed by atoms with Crippen molar-refractivity contribution < 1.29 is 5.11 Å². The van der Waals surface area contributed by atoms with Crippen LogP contribution in [0, 0.1) is 0 Å². The second kappa shape index (κ2) is 6.67. The van der Waals surface area contributed by atoms with E-state index in [0.717, 1.165) is 18.7 Å². The molecular weight excluding hydrogens is 238 g/mol. The van der Waals surface area contributed by atoms with E-state index in [4.69, 9.17) is 22.4 Å². The molecule has 1 aromatic heterocycles. The number of aliphatic hydroxyl groups excluding tert-OH is 1. The van der Waals surface area contributed by atoms with Gasteiger partial charge in [0.15, 0.2) is 0 Å². The highest BCUT2D eigenvalue weighted by molar-refractivity contribution is 6.29. The second-order valence-electron chi connectivity index (χ2n) is 3.97. The third-order valence-electron chi connectivity index (χ3n) is 2.82. The molecule has 0 aliphatic heterocycles. The van der Waals surface area contributed by atoms with E-state index in [1.807, 2.05) is 0 Å². The van der Waals surface area contributed by atoms with Crippen LogP contribution in [0.15, 0.2) is 12.1 Å². The number of rotatable bonds is 6. The first-order valence-electron chi connectivity index (χ1n) is 5.92. The summed E-state index contributed by atoms with van der Waals surface area (Å²) in [4.78, 5) is 6.33. The lowest BCUT2D eigenvalue weighted by molar-refractivity contribution is 0.295. The zero-order valence-electron chi connectivity index (χ0n) is 10.4. The number of nitrogens with two attached hydrogens (primary N) is 1. The van der Waals surface area contributed by atoms with Gasteiger partial charge in [0, 0.05) is 24.3 Å². The molecule has 0 fully saturated rings. The minimum atomic E-state index is 0.0879. The Morgan fingerprint density at radius 1 is 1.41 bits per heavy atom. The molecule has 1 heterocycles. The van der Waals surface area contributed by atoms with Crippen LogP contribution < -0.4 is 10.6 Å². The normalized spacial score (nSPS) is 10.9. The van der Waals surface area contributed by atoms with Crippen molar-refractivity contribution in [1.29, 1.82) is 0 Å². The van der Waals surface area contributed by atoms with Gasteiger partial charge in [0.05, 0.1) is 6.61 Å². The monoisotopic (exact) mass is 257 g/mol. The topological polar surface area (TPSA) is 62.4 Å². The summed E-state index contributed by atoms with van der Waals surface area (Å²) in [7, 11) is 0. The maximum absolute atomic E-state index is 9.14. The maximum Gasteiger partial charge on any atom is 0.133 e. The van der Waals surface area contributed by atoms with E-state index in [-0.39, 0.29) is 6.61 Å². The number of nitrogen functional groups attached to an aromatic ring is 1. The van der Waals surface area contributed by atoms with Crippen LogP contribution in [-0.2, 0) is 0 Å². The Labute approximate surface area is 107 Å². The molecule has 0 bridgehead atoms. The number of hydrogen-bond acceptors (Lipinski definition) is 4. The van der Waals surface area contributed by atoms with Gasteiger partial charge in [0.25, 0.3) is 0 Å². The van der Waals surface area contributed by atoms with Crippen molar-refractivity contribution in [2.24, 2.45) is 0 Å². The molecule has 0 atom stereocenters. The average molecular weight is 258 g/mol. The van der Waals surface area contributed by atoms with Gasteiger partial charge in [0.1, 0.15) is 11.0 Å². The van der Waals surface area contributed by atoms with Gasteiger partial charge in [-0.15, -0.1) is 0 Å². The molecule has 96 valence electrons. The lowest BCUT2D eigenvalue weighted by atomic mass is 10.1. The van der Waals surface area contributed by atoms with Crippen LogP contribution in [0.3, 0.4) is 0 Å². The third-order valence-corrected chi connectivity index (χ3v) is 3.01. The predicted octanol–water partition coefficient (Wildman–Crippen LogP) is 2.30. The van der Waals surface area contributed by atoms with Crippen LogP contribution in [0.5, 0.6) is 0 Å². The van der Waals surface area contributed by atoms with E-state index >= 15 is 0 Å². The SMILES string of the molecule is CCC(CC)N(CCO)c1cc(N)cc(Cl)n1. The molecule has 5 heteroatoms. The van der Waals surface area contributed by atoms with Crippen molar-refractivity contribution in [3.8, 4) is 0 Å². The van der Waals surface area contributed by atoms with E-state index in [1.165, 1.54) is 0 Å². The summed E-state index contributed by atoms with van der Waals surface area (Å²) in [6.45, 7) is 4.86. The summed E-state index contributed by atoms with van der Waals surface area (Å²) in [5.74, 6) is 0.734. The average Bonchev–Trinajstić information content (AvgIpc) is 2.28. The van der Waals surface area contributed by atoms with Gasteiger partial charge in [-0.05, 0) is 18.9 Å². The van der Waals surface area contributed by atoms with Gasteiger partial charge in [-0.3, -0.25) is 0 Å². The highest BCUT2D eigenvalue weighted by Crippen LogP contribution is 2.23. The first-order chi connectivity index (χ1) is 8.12. The quantitative estimate of drug-likeness (QED) is 0.768. The molecule has 0 unspecified atom stereocenters. The minimum absolute atomic E-state index is 0.0879. The maximum atomic E-state index is 9.14. The van der Waals surface area contributed by atoms with Crippen molar-refractivity contribution in [3.05, 3.63) is 17.3 Å². The van der Waals surface area contributed by atoms with Crippen LogP contribution >= 0.6 is 11.6 Å². The Balaban J connectivity index is 3.03. The van der Waals surface area contributed by atoms with E-state index in [0.29, 0.717) is 23.4 Å². The van der Waals surface area contributed by atoms with E-state index < -0.39 is 0 Å². The first-order valence-corrected chi connectivity index (χ1v) is 6.30. The lowest BCUT2D eigenvalue weighted by Crippen LogP contribution is -2.37. The standard InChI is InChI=1S/C12H20ClN3O/c1-3-10(4-2)16(5-6-17)12-8-9(14)7-11(13)15-12/h7-8,10,17H,3-6H2,1-2H3,(H2,14,15). The van der Waals surface area contributed by atoms with E-state index in [9.17, 15) is 0 Å². The van der Waals surface area contributed by atoms with Gasteiger partial charge in [-0.2, -0.15) is 0 Å². The Morgan fingerprint density at radius 3 is 2.53 bits per heavy atom. The molecule has 0 radical (unpaired) electrons. The van der Waals surface area contributed by atoms with Gasteiger partial charge >= 0.3 is 0 Å². The number of anilines is 2. The third kappa shape index (κ3) is 3.75. The molecule has 1 rings (SSSR count). The lowest BCUT2D eigenvalue weighted by Gasteiger charge is -2.31. The minimum Gasteiger partial charge on any atom is -0.399 e. The number of aromatic nitrogens is 1. The van der Waals surface area contributed by atoms with Crippen molar-refractivity contribution in [3.63, 3.8) is 0 Å². The fraction of sp³-hybridized carbons (Fsp3) is 0.583.